The van der Waals surface area contributed by atoms with E-state index in [1.165, 1.54) is 18.4 Å². The summed E-state index contributed by atoms with van der Waals surface area (Å²) in [5.41, 5.74) is 1.45. The quantitative estimate of drug-likeness (QED) is 0.858. The van der Waals surface area contributed by atoms with Gasteiger partial charge in [-0.1, -0.05) is 0 Å². The van der Waals surface area contributed by atoms with Crippen LogP contribution in [0.15, 0.2) is 23.6 Å². The minimum atomic E-state index is -0.290. The third kappa shape index (κ3) is 3.27. The third-order valence-corrected chi connectivity index (χ3v) is 3.55. The smallest absolute Gasteiger partial charge is 0.311 e. The highest BCUT2D eigenvalue weighted by molar-refractivity contribution is 7.13. The van der Waals surface area contributed by atoms with Gasteiger partial charge in [0.15, 0.2) is 11.5 Å². The first-order chi connectivity index (χ1) is 9.63. The van der Waals surface area contributed by atoms with Gasteiger partial charge in [-0.25, -0.2) is 4.98 Å². The molecule has 0 amide bonds. The second-order valence-electron chi connectivity index (χ2n) is 4.01. The van der Waals surface area contributed by atoms with Crippen LogP contribution in [-0.4, -0.2) is 29.8 Å². The van der Waals surface area contributed by atoms with Crippen molar-refractivity contribution < 1.29 is 19.4 Å². The van der Waals surface area contributed by atoms with E-state index >= 15 is 0 Å². The van der Waals surface area contributed by atoms with E-state index in [1.807, 2.05) is 11.4 Å². The van der Waals surface area contributed by atoms with Crippen molar-refractivity contribution in [2.45, 2.75) is 13.3 Å². The number of aromatic nitrogens is 1. The van der Waals surface area contributed by atoms with Gasteiger partial charge >= 0.3 is 5.97 Å². The van der Waals surface area contributed by atoms with Gasteiger partial charge in [0.05, 0.1) is 25.8 Å². The number of ether oxygens (including phenoxy) is 2. The molecule has 106 valence electrons. The molecule has 5 nitrogen and oxygen atoms in total. The average Bonchev–Trinajstić information content (AvgIpc) is 2.87. The Morgan fingerprint density at radius 1 is 1.45 bits per heavy atom. The van der Waals surface area contributed by atoms with Crippen molar-refractivity contribution in [1.29, 1.82) is 0 Å². The monoisotopic (exact) mass is 293 g/mol. The zero-order valence-electron chi connectivity index (χ0n) is 11.3. The Kier molecular flexibility index (Phi) is 4.57. The number of aromatic hydroxyl groups is 1. The number of nitrogens with zero attached hydrogens (tertiary/aromatic N) is 1. The largest absolute Gasteiger partial charge is 0.504 e. The van der Waals surface area contributed by atoms with Crippen molar-refractivity contribution >= 4 is 17.3 Å². The Balaban J connectivity index is 2.16. The first-order valence-electron chi connectivity index (χ1n) is 6.11. The van der Waals surface area contributed by atoms with Crippen molar-refractivity contribution in [2.75, 3.05) is 13.7 Å². The van der Waals surface area contributed by atoms with Crippen LogP contribution in [0.2, 0.25) is 0 Å². The first-order valence-corrected chi connectivity index (χ1v) is 6.99. The second-order valence-corrected chi connectivity index (χ2v) is 4.87. The van der Waals surface area contributed by atoms with Gasteiger partial charge in [0.1, 0.15) is 5.01 Å². The van der Waals surface area contributed by atoms with Gasteiger partial charge in [-0.05, 0) is 25.1 Å². The Morgan fingerprint density at radius 3 is 2.90 bits per heavy atom. The SMILES string of the molecule is CCOC(=O)Cc1csc(-c2ccc(OC)c(O)c2)n1. The molecule has 0 spiro atoms. The molecule has 20 heavy (non-hydrogen) atoms. The van der Waals surface area contributed by atoms with E-state index in [0.717, 1.165) is 10.6 Å². The number of phenolic OH excluding ortho intramolecular Hbond substituents is 1. The minimum absolute atomic E-state index is 0.0622. The summed E-state index contributed by atoms with van der Waals surface area (Å²) in [5, 5.41) is 12.3. The Morgan fingerprint density at radius 2 is 2.25 bits per heavy atom. The van der Waals surface area contributed by atoms with Crippen LogP contribution in [0, 0.1) is 0 Å². The van der Waals surface area contributed by atoms with Crippen molar-refractivity contribution in [3.8, 4) is 22.1 Å². The Hall–Kier alpha value is -2.08. The number of esters is 1. The molecule has 0 bridgehead atoms. The zero-order valence-corrected chi connectivity index (χ0v) is 12.1. The van der Waals surface area contributed by atoms with Gasteiger partial charge in [-0.2, -0.15) is 0 Å². The highest BCUT2D eigenvalue weighted by Gasteiger charge is 2.11. The summed E-state index contributed by atoms with van der Waals surface area (Å²) in [6.45, 7) is 2.13. The number of hydrogen-bond donors (Lipinski definition) is 1. The summed E-state index contributed by atoms with van der Waals surface area (Å²) in [4.78, 5) is 15.7. The molecule has 0 atom stereocenters. The number of methoxy groups -OCH3 is 1. The lowest BCUT2D eigenvalue weighted by molar-refractivity contribution is -0.142. The van der Waals surface area contributed by atoms with Crippen LogP contribution in [0.25, 0.3) is 10.6 Å². The lowest BCUT2D eigenvalue weighted by Gasteiger charge is -2.04. The minimum Gasteiger partial charge on any atom is -0.504 e. The predicted molar refractivity (Wildman–Crippen MR) is 76.1 cm³/mol. The molecule has 6 heteroatoms. The van der Waals surface area contributed by atoms with Crippen LogP contribution < -0.4 is 4.74 Å². The van der Waals surface area contributed by atoms with E-state index < -0.39 is 0 Å². The number of carbonyl (C=O) groups is 1. The molecule has 2 aromatic rings. The maximum absolute atomic E-state index is 11.4. The molecule has 0 fully saturated rings. The fourth-order valence-electron chi connectivity index (χ4n) is 1.70. The average molecular weight is 293 g/mol. The van der Waals surface area contributed by atoms with Crippen molar-refractivity contribution in [3.05, 3.63) is 29.3 Å². The summed E-state index contributed by atoms with van der Waals surface area (Å²) in [6, 6.07) is 5.08. The second kappa shape index (κ2) is 6.38. The molecular weight excluding hydrogens is 278 g/mol. The van der Waals surface area contributed by atoms with Gasteiger partial charge in [0, 0.05) is 10.9 Å². The van der Waals surface area contributed by atoms with Crippen molar-refractivity contribution in [1.82, 2.24) is 4.98 Å². The van der Waals surface area contributed by atoms with Gasteiger partial charge in [0.2, 0.25) is 0 Å². The number of carbonyl (C=O) groups excluding carboxylic acids is 1. The normalized spacial score (nSPS) is 10.3. The van der Waals surface area contributed by atoms with Gasteiger partial charge in [0.25, 0.3) is 0 Å². The summed E-state index contributed by atoms with van der Waals surface area (Å²) < 4.78 is 9.87. The standard InChI is InChI=1S/C14H15NO4S/c1-3-19-13(17)7-10-8-20-14(15-10)9-4-5-12(18-2)11(16)6-9/h4-6,8,16H,3,7H2,1-2H3. The van der Waals surface area contributed by atoms with Crippen molar-refractivity contribution in [3.63, 3.8) is 0 Å². The molecule has 0 saturated heterocycles. The number of phenols is 1. The van der Waals surface area contributed by atoms with Crippen LogP contribution in [-0.2, 0) is 16.0 Å². The van der Waals surface area contributed by atoms with Crippen molar-refractivity contribution in [2.24, 2.45) is 0 Å². The molecule has 0 aliphatic heterocycles. The predicted octanol–water partition coefficient (Wildman–Crippen LogP) is 2.63. The number of benzene rings is 1. The van der Waals surface area contributed by atoms with Crippen LogP contribution in [0.4, 0.5) is 0 Å². The molecule has 1 aromatic carbocycles. The number of thiazole rings is 1. The topological polar surface area (TPSA) is 68.7 Å². The molecule has 1 N–H and O–H groups in total. The van der Waals surface area contributed by atoms with E-state index in [-0.39, 0.29) is 18.1 Å². The van der Waals surface area contributed by atoms with E-state index in [2.05, 4.69) is 4.98 Å². The summed E-state index contributed by atoms with van der Waals surface area (Å²) >= 11 is 1.41. The number of rotatable bonds is 5. The fraction of sp³-hybridized carbons (Fsp3) is 0.286. The maximum Gasteiger partial charge on any atom is 0.311 e. The Bertz CT molecular complexity index is 609. The Labute approximate surface area is 120 Å². The third-order valence-electron chi connectivity index (χ3n) is 2.61. The number of hydrogen-bond acceptors (Lipinski definition) is 6. The highest BCUT2D eigenvalue weighted by atomic mass is 32.1. The van der Waals surface area contributed by atoms with Crippen LogP contribution in [0.5, 0.6) is 11.5 Å². The fourth-order valence-corrected chi connectivity index (χ4v) is 2.52. The molecule has 2 rings (SSSR count). The van der Waals surface area contributed by atoms with E-state index in [1.54, 1.807) is 19.1 Å². The van der Waals surface area contributed by atoms with Crippen LogP contribution in [0.1, 0.15) is 12.6 Å². The van der Waals surface area contributed by atoms with Crippen LogP contribution in [0.3, 0.4) is 0 Å². The highest BCUT2D eigenvalue weighted by Crippen LogP contribution is 2.32. The maximum atomic E-state index is 11.4. The molecule has 0 unspecified atom stereocenters. The van der Waals surface area contributed by atoms with Gasteiger partial charge < -0.3 is 14.6 Å². The lowest BCUT2D eigenvalue weighted by atomic mass is 10.2. The molecule has 0 radical (unpaired) electrons. The van der Waals surface area contributed by atoms with Gasteiger partial charge in [-0.15, -0.1) is 11.3 Å². The molecule has 1 heterocycles. The molecule has 0 saturated carbocycles. The first kappa shape index (κ1) is 14.3. The summed E-state index contributed by atoms with van der Waals surface area (Å²) in [6.07, 6.45) is 0.159. The zero-order chi connectivity index (χ0) is 14.5. The van der Waals surface area contributed by atoms with Crippen LogP contribution >= 0.6 is 11.3 Å². The van der Waals surface area contributed by atoms with E-state index in [0.29, 0.717) is 18.1 Å². The van der Waals surface area contributed by atoms with E-state index in [4.69, 9.17) is 9.47 Å². The molecule has 1 aromatic heterocycles. The molecule has 0 aliphatic carbocycles. The lowest BCUT2D eigenvalue weighted by Crippen LogP contribution is -2.07. The van der Waals surface area contributed by atoms with Gasteiger partial charge in [-0.3, -0.25) is 4.79 Å². The summed E-state index contributed by atoms with van der Waals surface area (Å²) in [5.74, 6) is 0.186. The summed E-state index contributed by atoms with van der Waals surface area (Å²) in [7, 11) is 1.50. The molecule has 0 aliphatic rings. The molecular formula is C14H15NO4S. The van der Waals surface area contributed by atoms with E-state index in [9.17, 15) is 9.90 Å².